The highest BCUT2D eigenvalue weighted by Gasteiger charge is 1.95. The molecule has 4 heavy (non-hydrogen) atoms. The minimum absolute atomic E-state index is 0.315. The Morgan fingerprint density at radius 3 is 1.75 bits per heavy atom. The van der Waals surface area contributed by atoms with Crippen LogP contribution in [0.5, 0.6) is 0 Å². The lowest BCUT2D eigenvalue weighted by molar-refractivity contribution is 0.504. The van der Waals surface area contributed by atoms with Gasteiger partial charge in [-0.3, -0.25) is 0 Å². The molecule has 0 aromatic heterocycles. The molecule has 24 valence electrons. The van der Waals surface area contributed by atoms with Crippen molar-refractivity contribution in [2.75, 3.05) is 0 Å². The van der Waals surface area contributed by atoms with Crippen LogP contribution in [0.25, 0.3) is 0 Å². The quantitative estimate of drug-likeness (QED) is 0.396. The van der Waals surface area contributed by atoms with Crippen molar-refractivity contribution in [2.45, 2.75) is 25.7 Å². The van der Waals surface area contributed by atoms with Gasteiger partial charge in [-0.05, 0) is 0 Å². The molecule has 0 nitrogen and oxygen atoms in total. The van der Waals surface area contributed by atoms with Crippen LogP contribution in [0.15, 0.2) is 0 Å². The van der Waals surface area contributed by atoms with Gasteiger partial charge in [-0.25, -0.2) is 0 Å². The highest BCUT2D eigenvalue weighted by atomic mass is 14.0. The molecule has 0 amide bonds. The van der Waals surface area contributed by atoms with Crippen LogP contribution in [-0.2, 0) is 0 Å². The summed E-state index contributed by atoms with van der Waals surface area (Å²) in [6, 6.07) is 0. The number of rotatable bonds is 0. The Labute approximate surface area is 28.2 Å². The summed E-state index contributed by atoms with van der Waals surface area (Å²) in [5, 5.41) is 0. The second kappa shape index (κ2) is 0.750. The normalized spacial score (nSPS) is 32.5. The predicted octanol–water partition coefficient (Wildman–Crippen LogP) is 1.56. The summed E-state index contributed by atoms with van der Waals surface area (Å²) in [5.41, 5.74) is 0. The third kappa shape index (κ3) is 0.125. The van der Waals surface area contributed by atoms with Crippen molar-refractivity contribution in [1.29, 1.82) is 0 Å². The van der Waals surface area contributed by atoms with E-state index < -0.39 is 0 Å². The maximum absolute atomic E-state index is 6.91. The molecule has 0 unspecified atom stereocenters. The van der Waals surface area contributed by atoms with E-state index in [-0.39, 0.29) is 0 Å². The fourth-order valence-corrected chi connectivity index (χ4v) is 0.204. The molecule has 0 heteroatoms. The molecule has 0 saturated heterocycles. The van der Waals surface area contributed by atoms with Gasteiger partial charge in [-0.15, -0.1) is 0 Å². The van der Waals surface area contributed by atoms with Crippen LogP contribution < -0.4 is 0 Å². The Hall–Kier alpha value is 0. The lowest BCUT2D eigenvalue weighted by Crippen LogP contribution is -1.85. The van der Waals surface area contributed by atoms with Crippen molar-refractivity contribution in [3.05, 3.63) is 0 Å². The van der Waals surface area contributed by atoms with Gasteiger partial charge >= 0.3 is 0 Å². The predicted molar refractivity (Wildman–Crippen MR) is 18.5 cm³/mol. The third-order valence-electron chi connectivity index (χ3n) is 0.816. The van der Waals surface area contributed by atoms with E-state index >= 15 is 0 Å². The molecule has 0 aromatic carbocycles. The molecule has 1 aliphatic carbocycles. The largest absolute Gasteiger partial charge is 0.0533 e. The summed E-state index contributed by atoms with van der Waals surface area (Å²) >= 11 is 0. The fourth-order valence-electron chi connectivity index (χ4n) is 0.204. The molecule has 0 aromatic rings. The van der Waals surface area contributed by atoms with Gasteiger partial charge in [0.15, 0.2) is 0 Å². The van der Waals surface area contributed by atoms with Gasteiger partial charge in [-0.1, -0.05) is 25.7 Å². The van der Waals surface area contributed by atoms with E-state index in [9.17, 15) is 0 Å². The fraction of sp³-hybridized carbons (Fsp3) is 1.00. The summed E-state index contributed by atoms with van der Waals surface area (Å²) < 4.78 is 6.91. The van der Waals surface area contributed by atoms with Crippen molar-refractivity contribution < 1.29 is 1.37 Å². The molecule has 1 rings (SSSR count). The SMILES string of the molecule is [2H]C1CCC1. The lowest BCUT2D eigenvalue weighted by Gasteiger charge is -2.05. The van der Waals surface area contributed by atoms with Crippen LogP contribution in [0, 0.1) is 0 Å². The van der Waals surface area contributed by atoms with Crippen LogP contribution in [0.1, 0.15) is 27.0 Å². The minimum Gasteiger partial charge on any atom is -0.0533 e. The Balaban J connectivity index is 2.08. The van der Waals surface area contributed by atoms with E-state index in [1.54, 1.807) is 0 Å². The third-order valence-corrected chi connectivity index (χ3v) is 0.816. The molecule has 0 N–H and O–H groups in total. The molecular weight excluding hydrogens is 48.0 g/mol. The van der Waals surface area contributed by atoms with Crippen LogP contribution in [0.2, 0.25) is 0 Å². The zero-order valence-corrected chi connectivity index (χ0v) is 2.70. The second-order valence-corrected chi connectivity index (χ2v) is 1.22. The first-order chi connectivity index (χ1) is 2.39. The van der Waals surface area contributed by atoms with Crippen LogP contribution in [-0.4, -0.2) is 0 Å². The maximum Gasteiger partial charge on any atom is 0.0267 e. The zero-order chi connectivity index (χ0) is 3.70. The Bertz CT molecular complexity index is 30.6. The summed E-state index contributed by atoms with van der Waals surface area (Å²) in [5.74, 6) is 0. The molecule has 0 heterocycles. The van der Waals surface area contributed by atoms with Crippen LogP contribution >= 0.6 is 0 Å². The van der Waals surface area contributed by atoms with E-state index in [4.69, 9.17) is 1.37 Å². The molecule has 0 bridgehead atoms. The van der Waals surface area contributed by atoms with Crippen molar-refractivity contribution in [3.63, 3.8) is 0 Å². The Morgan fingerprint density at radius 2 is 1.75 bits per heavy atom. The van der Waals surface area contributed by atoms with Gasteiger partial charge in [0.25, 0.3) is 0 Å². The molecule has 0 aliphatic heterocycles. The number of hydrogen-bond donors (Lipinski definition) is 0. The van der Waals surface area contributed by atoms with E-state index in [0.717, 1.165) is 12.8 Å². The van der Waals surface area contributed by atoms with Crippen molar-refractivity contribution >= 4 is 0 Å². The van der Waals surface area contributed by atoms with Gasteiger partial charge in [-0.2, -0.15) is 0 Å². The molecular formula is C4H8. The minimum atomic E-state index is 0.315. The molecule has 0 radical (unpaired) electrons. The van der Waals surface area contributed by atoms with Crippen molar-refractivity contribution in [1.82, 2.24) is 0 Å². The summed E-state index contributed by atoms with van der Waals surface area (Å²) in [4.78, 5) is 0. The van der Waals surface area contributed by atoms with Gasteiger partial charge in [0.05, 0.1) is 0 Å². The van der Waals surface area contributed by atoms with Gasteiger partial charge in [0, 0.05) is 1.37 Å². The lowest BCUT2D eigenvalue weighted by atomic mass is 10.0. The van der Waals surface area contributed by atoms with Gasteiger partial charge in [0.2, 0.25) is 0 Å². The molecule has 0 spiro atoms. The number of hydrogen-bond acceptors (Lipinski definition) is 0. The van der Waals surface area contributed by atoms with E-state index in [1.165, 1.54) is 6.42 Å². The van der Waals surface area contributed by atoms with Crippen molar-refractivity contribution in [3.8, 4) is 0 Å². The monoisotopic (exact) mass is 57.1 g/mol. The summed E-state index contributed by atoms with van der Waals surface area (Å²) in [6.07, 6.45) is 3.92. The molecule has 1 aliphatic rings. The first-order valence-corrected chi connectivity index (χ1v) is 1.82. The first kappa shape index (κ1) is 1.44. The average Bonchev–Trinajstić information content (AvgIpc) is 1.30. The summed E-state index contributed by atoms with van der Waals surface area (Å²) in [7, 11) is 0. The highest BCUT2D eigenvalue weighted by molar-refractivity contribution is 4.50. The van der Waals surface area contributed by atoms with Gasteiger partial charge in [0.1, 0.15) is 0 Å². The van der Waals surface area contributed by atoms with Crippen molar-refractivity contribution in [2.24, 2.45) is 0 Å². The van der Waals surface area contributed by atoms with E-state index in [2.05, 4.69) is 0 Å². The first-order valence-electron chi connectivity index (χ1n) is 2.39. The van der Waals surface area contributed by atoms with Crippen LogP contribution in [0.3, 0.4) is 0 Å². The smallest absolute Gasteiger partial charge is 0.0267 e. The van der Waals surface area contributed by atoms with E-state index in [0.29, 0.717) is 6.40 Å². The molecule has 1 fully saturated rings. The van der Waals surface area contributed by atoms with E-state index in [1.807, 2.05) is 0 Å². The molecule has 1 saturated carbocycles. The zero-order valence-electron chi connectivity index (χ0n) is 3.70. The highest BCUT2D eigenvalue weighted by Crippen LogP contribution is 2.15. The van der Waals surface area contributed by atoms with Crippen LogP contribution in [0.4, 0.5) is 0 Å². The Morgan fingerprint density at radius 1 is 1.25 bits per heavy atom. The topological polar surface area (TPSA) is 0 Å². The average molecular weight is 57.1 g/mol. The maximum atomic E-state index is 6.91. The molecule has 0 atom stereocenters. The standard InChI is InChI=1S/C4H8/c1-2-4-3-1/h1-4H2/i1D. The Kier molecular flexibility index (Phi) is 0.270. The van der Waals surface area contributed by atoms with Gasteiger partial charge < -0.3 is 0 Å². The second-order valence-electron chi connectivity index (χ2n) is 1.22. The summed E-state index contributed by atoms with van der Waals surface area (Å²) in [6.45, 7) is 0.